The molecule has 1 nitrogen and oxygen atoms in total. The third-order valence-electron chi connectivity index (χ3n) is 2.87. The second-order valence-corrected chi connectivity index (χ2v) is 6.71. The molecular formula is C15H25KO. The molecule has 0 atom stereocenters. The van der Waals surface area contributed by atoms with Gasteiger partial charge in [0.2, 0.25) is 0 Å². The number of aromatic hydroxyl groups is 1. The average Bonchev–Trinajstić information content (AvgIpc) is 2.04. The van der Waals surface area contributed by atoms with E-state index in [1.54, 1.807) is 0 Å². The zero-order valence-corrected chi connectivity index (χ0v) is 11.6. The van der Waals surface area contributed by atoms with Crippen molar-refractivity contribution in [3.8, 4) is 5.75 Å². The minimum atomic E-state index is -0.0178. The normalized spacial score (nSPS) is 12.2. The molecular weight excluding hydrogens is 235 g/mol. The maximum atomic E-state index is 10.4. The fourth-order valence-corrected chi connectivity index (χ4v) is 1.92. The molecule has 1 aromatic carbocycles. The van der Waals surface area contributed by atoms with Crippen molar-refractivity contribution >= 4 is 51.4 Å². The number of phenolic OH excluding ortho intramolecular Hbond substituents is 1. The Bertz CT molecular complexity index is 359. The van der Waals surface area contributed by atoms with Crippen molar-refractivity contribution in [3.63, 3.8) is 0 Å². The van der Waals surface area contributed by atoms with Crippen LogP contribution in [-0.2, 0) is 10.8 Å². The van der Waals surface area contributed by atoms with Gasteiger partial charge in [0.1, 0.15) is 5.75 Å². The first-order valence-electron chi connectivity index (χ1n) is 5.88. The van der Waals surface area contributed by atoms with Gasteiger partial charge in [-0.05, 0) is 28.9 Å². The van der Waals surface area contributed by atoms with Crippen molar-refractivity contribution in [3.05, 3.63) is 28.8 Å². The van der Waals surface area contributed by atoms with Crippen LogP contribution in [0.25, 0.3) is 0 Å². The van der Waals surface area contributed by atoms with Crippen LogP contribution in [0.4, 0.5) is 0 Å². The molecule has 1 rings (SSSR count). The second kappa shape index (κ2) is 5.75. The van der Waals surface area contributed by atoms with Crippen LogP contribution in [0.1, 0.15) is 58.2 Å². The van der Waals surface area contributed by atoms with Crippen LogP contribution in [0.5, 0.6) is 5.75 Å². The van der Waals surface area contributed by atoms with Gasteiger partial charge in [-0.2, -0.15) is 0 Å². The molecule has 0 aliphatic heterocycles. The number of aryl methyl sites for hydroxylation is 1. The molecule has 0 aromatic heterocycles. The summed E-state index contributed by atoms with van der Waals surface area (Å²) in [7, 11) is 0. The number of rotatable bonds is 0. The van der Waals surface area contributed by atoms with E-state index in [1.807, 2.05) is 0 Å². The number of benzene rings is 1. The van der Waals surface area contributed by atoms with Crippen LogP contribution in [0.2, 0.25) is 0 Å². The van der Waals surface area contributed by atoms with Crippen LogP contribution in [0, 0.1) is 6.92 Å². The molecule has 17 heavy (non-hydrogen) atoms. The van der Waals surface area contributed by atoms with E-state index < -0.39 is 0 Å². The summed E-state index contributed by atoms with van der Waals surface area (Å²) >= 11 is 0. The van der Waals surface area contributed by atoms with Crippen molar-refractivity contribution in [1.29, 1.82) is 0 Å². The fourth-order valence-electron chi connectivity index (χ4n) is 1.92. The van der Waals surface area contributed by atoms with Gasteiger partial charge in [0, 0.05) is 0 Å². The van der Waals surface area contributed by atoms with Crippen LogP contribution in [0.3, 0.4) is 0 Å². The van der Waals surface area contributed by atoms with Gasteiger partial charge in [0.15, 0.2) is 0 Å². The molecule has 92 valence electrons. The molecule has 0 radical (unpaired) electrons. The molecule has 0 amide bonds. The summed E-state index contributed by atoms with van der Waals surface area (Å²) in [5.41, 5.74) is 3.26. The van der Waals surface area contributed by atoms with E-state index in [-0.39, 0.29) is 62.2 Å². The Morgan fingerprint density at radius 3 is 1.35 bits per heavy atom. The quantitative estimate of drug-likeness (QED) is 0.706. The Labute approximate surface area is 148 Å². The molecule has 2 heteroatoms. The summed E-state index contributed by atoms with van der Waals surface area (Å²) in [6.07, 6.45) is 0. The van der Waals surface area contributed by atoms with E-state index in [9.17, 15) is 5.11 Å². The van der Waals surface area contributed by atoms with Crippen LogP contribution >= 0.6 is 0 Å². The predicted octanol–water partition coefficient (Wildman–Crippen LogP) is 3.65. The zero-order chi connectivity index (χ0) is 12.7. The van der Waals surface area contributed by atoms with E-state index in [0.717, 1.165) is 11.1 Å². The van der Waals surface area contributed by atoms with Gasteiger partial charge in [-0.3, -0.25) is 0 Å². The molecule has 1 N–H and O–H groups in total. The van der Waals surface area contributed by atoms with Crippen LogP contribution < -0.4 is 0 Å². The molecule has 0 fully saturated rings. The predicted molar refractivity (Wildman–Crippen MR) is 77.4 cm³/mol. The van der Waals surface area contributed by atoms with E-state index in [4.69, 9.17) is 0 Å². The van der Waals surface area contributed by atoms with Crippen LogP contribution in [-0.4, -0.2) is 56.5 Å². The Balaban J connectivity index is 0.00000256. The van der Waals surface area contributed by atoms with E-state index in [2.05, 4.69) is 60.6 Å². The third-order valence-corrected chi connectivity index (χ3v) is 2.87. The van der Waals surface area contributed by atoms with Crippen molar-refractivity contribution in [1.82, 2.24) is 0 Å². The summed E-state index contributed by atoms with van der Waals surface area (Å²) in [5, 5.41) is 10.4. The Kier molecular flexibility index (Phi) is 5.97. The monoisotopic (exact) mass is 260 g/mol. The fraction of sp³-hybridized carbons (Fsp3) is 0.600. The number of hydrogen-bond acceptors (Lipinski definition) is 1. The van der Waals surface area contributed by atoms with E-state index in [0.29, 0.717) is 5.75 Å². The molecule has 0 spiro atoms. The standard InChI is InChI=1S/C15H24O.K.H/c1-10-8-11(14(2,3)4)13(16)12(9-10)15(5,6)7;;/h8-9,16H,1-7H3;;. The second-order valence-electron chi connectivity index (χ2n) is 6.71. The molecule has 0 saturated heterocycles. The summed E-state index contributed by atoms with van der Waals surface area (Å²) in [6, 6.07) is 4.18. The van der Waals surface area contributed by atoms with Crippen LogP contribution in [0.15, 0.2) is 12.1 Å². The van der Waals surface area contributed by atoms with Crippen molar-refractivity contribution in [2.24, 2.45) is 0 Å². The first-order valence-corrected chi connectivity index (χ1v) is 5.88. The van der Waals surface area contributed by atoms with Crippen molar-refractivity contribution in [2.75, 3.05) is 0 Å². The Morgan fingerprint density at radius 2 is 1.12 bits per heavy atom. The Morgan fingerprint density at radius 1 is 0.824 bits per heavy atom. The summed E-state index contributed by atoms with van der Waals surface area (Å²) in [6.45, 7) is 14.9. The molecule has 0 saturated carbocycles. The van der Waals surface area contributed by atoms with Gasteiger partial charge in [-0.25, -0.2) is 0 Å². The molecule has 0 heterocycles. The van der Waals surface area contributed by atoms with Gasteiger partial charge in [-0.1, -0.05) is 59.2 Å². The zero-order valence-electron chi connectivity index (χ0n) is 11.6. The van der Waals surface area contributed by atoms with Crippen molar-refractivity contribution < 1.29 is 5.11 Å². The van der Waals surface area contributed by atoms with Gasteiger partial charge in [0.05, 0.1) is 0 Å². The average molecular weight is 260 g/mol. The van der Waals surface area contributed by atoms with E-state index in [1.165, 1.54) is 5.56 Å². The van der Waals surface area contributed by atoms with Gasteiger partial charge < -0.3 is 5.11 Å². The number of hydrogen-bond donors (Lipinski definition) is 1. The first kappa shape index (κ1) is 17.7. The summed E-state index contributed by atoms with van der Waals surface area (Å²) in [5.74, 6) is 0.464. The molecule has 0 aliphatic carbocycles. The molecule has 0 unspecified atom stereocenters. The summed E-state index contributed by atoms with van der Waals surface area (Å²) < 4.78 is 0. The maximum absolute atomic E-state index is 10.4. The molecule has 0 bridgehead atoms. The SMILES string of the molecule is Cc1cc(C(C)(C)C)c(O)c(C(C)(C)C)c1.[KH]. The Hall–Kier alpha value is 0.656. The van der Waals surface area contributed by atoms with E-state index >= 15 is 0 Å². The summed E-state index contributed by atoms with van der Waals surface area (Å²) in [4.78, 5) is 0. The number of phenols is 1. The van der Waals surface area contributed by atoms with Gasteiger partial charge in [0.25, 0.3) is 0 Å². The van der Waals surface area contributed by atoms with Gasteiger partial charge >= 0.3 is 51.4 Å². The molecule has 0 aliphatic rings. The first-order chi connectivity index (χ1) is 7.03. The molecule has 1 aromatic rings. The topological polar surface area (TPSA) is 20.2 Å². The third kappa shape index (κ3) is 4.36. The van der Waals surface area contributed by atoms with Gasteiger partial charge in [-0.15, -0.1) is 0 Å². The minimum absolute atomic E-state index is 0. The van der Waals surface area contributed by atoms with Crippen molar-refractivity contribution in [2.45, 2.75) is 59.3 Å².